The summed E-state index contributed by atoms with van der Waals surface area (Å²) in [4.78, 5) is 13.7. The predicted molar refractivity (Wildman–Crippen MR) is 77.3 cm³/mol. The van der Waals surface area contributed by atoms with Gasteiger partial charge in [0.1, 0.15) is 0 Å². The fourth-order valence-corrected chi connectivity index (χ4v) is 2.27. The normalized spacial score (nSPS) is 12.7. The SMILES string of the molecule is CC.Cc1c(N2Cc3ccccc3C2)cn[nH]c1=O. The van der Waals surface area contributed by atoms with Crippen LogP contribution in [0.2, 0.25) is 0 Å². The molecule has 2 aromatic rings. The lowest BCUT2D eigenvalue weighted by molar-refractivity contribution is 0.849. The van der Waals surface area contributed by atoms with E-state index in [4.69, 9.17) is 0 Å². The Labute approximate surface area is 113 Å². The number of rotatable bonds is 1. The number of aromatic amines is 1. The summed E-state index contributed by atoms with van der Waals surface area (Å²) in [6.07, 6.45) is 1.72. The summed E-state index contributed by atoms with van der Waals surface area (Å²) in [6.45, 7) is 7.53. The van der Waals surface area contributed by atoms with Crippen molar-refractivity contribution in [3.63, 3.8) is 0 Å². The van der Waals surface area contributed by atoms with Gasteiger partial charge in [-0.1, -0.05) is 38.1 Å². The minimum Gasteiger partial charge on any atom is -0.361 e. The molecule has 1 aromatic heterocycles. The number of aromatic nitrogens is 2. The van der Waals surface area contributed by atoms with Gasteiger partial charge in [-0.3, -0.25) is 4.79 Å². The van der Waals surface area contributed by atoms with Gasteiger partial charge in [0.25, 0.3) is 5.56 Å². The van der Waals surface area contributed by atoms with E-state index in [2.05, 4.69) is 27.2 Å². The second-order valence-corrected chi connectivity index (χ2v) is 4.33. The van der Waals surface area contributed by atoms with Crippen molar-refractivity contribution in [1.29, 1.82) is 0 Å². The molecule has 0 saturated heterocycles. The van der Waals surface area contributed by atoms with Gasteiger partial charge in [0.2, 0.25) is 0 Å². The first-order chi connectivity index (χ1) is 9.25. The van der Waals surface area contributed by atoms with Gasteiger partial charge in [0.15, 0.2) is 0 Å². The van der Waals surface area contributed by atoms with Crippen molar-refractivity contribution in [1.82, 2.24) is 10.2 Å². The molecule has 0 spiro atoms. The van der Waals surface area contributed by atoms with Crippen LogP contribution in [-0.2, 0) is 13.1 Å². The summed E-state index contributed by atoms with van der Waals surface area (Å²) >= 11 is 0. The van der Waals surface area contributed by atoms with E-state index in [-0.39, 0.29) is 5.56 Å². The van der Waals surface area contributed by atoms with E-state index < -0.39 is 0 Å². The Bertz CT molecular complexity index is 594. The third kappa shape index (κ3) is 2.52. The molecule has 3 rings (SSSR count). The lowest BCUT2D eigenvalue weighted by Gasteiger charge is -2.18. The average molecular weight is 257 g/mol. The largest absolute Gasteiger partial charge is 0.361 e. The van der Waals surface area contributed by atoms with Crippen LogP contribution in [0.4, 0.5) is 5.69 Å². The predicted octanol–water partition coefficient (Wildman–Crippen LogP) is 2.62. The molecule has 2 heterocycles. The Kier molecular flexibility index (Phi) is 4.00. The van der Waals surface area contributed by atoms with E-state index in [0.29, 0.717) is 0 Å². The smallest absolute Gasteiger partial charge is 0.269 e. The average Bonchev–Trinajstić information content (AvgIpc) is 2.87. The highest BCUT2D eigenvalue weighted by Crippen LogP contribution is 2.28. The fourth-order valence-electron chi connectivity index (χ4n) is 2.27. The Balaban J connectivity index is 0.000000637. The third-order valence-electron chi connectivity index (χ3n) is 3.26. The monoisotopic (exact) mass is 257 g/mol. The Morgan fingerprint density at radius 2 is 1.74 bits per heavy atom. The molecule has 0 bridgehead atoms. The summed E-state index contributed by atoms with van der Waals surface area (Å²) in [5, 5.41) is 6.33. The summed E-state index contributed by atoms with van der Waals surface area (Å²) in [5.41, 5.74) is 4.19. The summed E-state index contributed by atoms with van der Waals surface area (Å²) < 4.78 is 0. The summed E-state index contributed by atoms with van der Waals surface area (Å²) in [6, 6.07) is 8.35. The first-order valence-corrected chi connectivity index (χ1v) is 6.62. The molecular weight excluding hydrogens is 238 g/mol. The number of nitrogens with one attached hydrogen (secondary N) is 1. The van der Waals surface area contributed by atoms with Gasteiger partial charge < -0.3 is 4.90 Å². The van der Waals surface area contributed by atoms with Crippen LogP contribution in [0.3, 0.4) is 0 Å². The zero-order valence-electron chi connectivity index (χ0n) is 11.6. The van der Waals surface area contributed by atoms with Crippen LogP contribution in [0.1, 0.15) is 30.5 Å². The van der Waals surface area contributed by atoms with Gasteiger partial charge in [0, 0.05) is 18.7 Å². The molecule has 0 atom stereocenters. The number of anilines is 1. The molecule has 1 aliphatic rings. The van der Waals surface area contributed by atoms with Crippen LogP contribution in [0.5, 0.6) is 0 Å². The molecule has 0 radical (unpaired) electrons. The minimum absolute atomic E-state index is 0.113. The van der Waals surface area contributed by atoms with Crippen LogP contribution >= 0.6 is 0 Å². The van der Waals surface area contributed by atoms with Gasteiger partial charge in [-0.15, -0.1) is 0 Å². The minimum atomic E-state index is -0.113. The molecule has 0 aliphatic carbocycles. The number of nitrogens with zero attached hydrogens (tertiary/aromatic N) is 2. The van der Waals surface area contributed by atoms with Gasteiger partial charge in [-0.2, -0.15) is 5.10 Å². The highest BCUT2D eigenvalue weighted by atomic mass is 16.1. The van der Waals surface area contributed by atoms with Gasteiger partial charge >= 0.3 is 0 Å². The molecule has 0 fully saturated rings. The summed E-state index contributed by atoms with van der Waals surface area (Å²) in [7, 11) is 0. The van der Waals surface area contributed by atoms with E-state index in [1.807, 2.05) is 32.9 Å². The molecule has 19 heavy (non-hydrogen) atoms. The van der Waals surface area contributed by atoms with Crippen LogP contribution in [-0.4, -0.2) is 10.2 Å². The van der Waals surface area contributed by atoms with E-state index in [1.165, 1.54) is 11.1 Å². The van der Waals surface area contributed by atoms with Crippen LogP contribution in [0.15, 0.2) is 35.3 Å². The zero-order valence-corrected chi connectivity index (χ0v) is 11.6. The molecule has 4 nitrogen and oxygen atoms in total. The molecular formula is C15H19N3O. The standard InChI is InChI=1S/C13H13N3O.C2H6/c1-9-12(6-14-15-13(9)17)16-7-10-4-2-3-5-11(10)8-16;1-2/h2-6H,7-8H2,1H3,(H,15,17);1-2H3. The van der Waals surface area contributed by atoms with Crippen molar-refractivity contribution >= 4 is 5.69 Å². The maximum atomic E-state index is 11.5. The molecule has 1 aliphatic heterocycles. The molecule has 0 amide bonds. The maximum Gasteiger partial charge on any atom is 0.269 e. The topological polar surface area (TPSA) is 49.0 Å². The molecule has 1 aromatic carbocycles. The van der Waals surface area contributed by atoms with Crippen molar-refractivity contribution in [2.75, 3.05) is 4.90 Å². The van der Waals surface area contributed by atoms with Gasteiger partial charge in [0.05, 0.1) is 11.9 Å². The Hall–Kier alpha value is -2.10. The van der Waals surface area contributed by atoms with Crippen molar-refractivity contribution in [2.24, 2.45) is 0 Å². The molecule has 0 unspecified atom stereocenters. The first-order valence-electron chi connectivity index (χ1n) is 6.62. The second-order valence-electron chi connectivity index (χ2n) is 4.33. The van der Waals surface area contributed by atoms with E-state index in [0.717, 1.165) is 24.3 Å². The third-order valence-corrected chi connectivity index (χ3v) is 3.26. The number of H-pyrrole nitrogens is 1. The van der Waals surface area contributed by atoms with Gasteiger partial charge in [-0.25, -0.2) is 5.10 Å². The van der Waals surface area contributed by atoms with Gasteiger partial charge in [-0.05, 0) is 18.1 Å². The molecule has 100 valence electrons. The van der Waals surface area contributed by atoms with E-state index in [1.54, 1.807) is 6.20 Å². The first kappa shape index (κ1) is 13.3. The number of hydrogen-bond acceptors (Lipinski definition) is 3. The molecule has 1 N–H and O–H groups in total. The van der Waals surface area contributed by atoms with Crippen molar-refractivity contribution in [3.05, 3.63) is 57.5 Å². The fraction of sp³-hybridized carbons (Fsp3) is 0.333. The van der Waals surface area contributed by atoms with Crippen molar-refractivity contribution < 1.29 is 0 Å². The van der Waals surface area contributed by atoms with Crippen molar-refractivity contribution in [3.8, 4) is 0 Å². The second kappa shape index (κ2) is 5.69. The van der Waals surface area contributed by atoms with Crippen molar-refractivity contribution in [2.45, 2.75) is 33.9 Å². The maximum absolute atomic E-state index is 11.5. The lowest BCUT2D eigenvalue weighted by Crippen LogP contribution is -2.21. The number of benzene rings is 1. The summed E-state index contributed by atoms with van der Waals surface area (Å²) in [5.74, 6) is 0. The molecule has 4 heteroatoms. The lowest BCUT2D eigenvalue weighted by atomic mass is 10.1. The Morgan fingerprint density at radius 1 is 1.16 bits per heavy atom. The highest BCUT2D eigenvalue weighted by molar-refractivity contribution is 5.54. The quantitative estimate of drug-likeness (QED) is 0.854. The Morgan fingerprint density at radius 3 is 2.32 bits per heavy atom. The van der Waals surface area contributed by atoms with E-state index >= 15 is 0 Å². The van der Waals surface area contributed by atoms with E-state index in [9.17, 15) is 4.79 Å². The van der Waals surface area contributed by atoms with Crippen LogP contribution < -0.4 is 10.5 Å². The van der Waals surface area contributed by atoms with Crippen LogP contribution in [0, 0.1) is 6.92 Å². The zero-order chi connectivity index (χ0) is 13.8. The number of fused-ring (bicyclic) bond motifs is 1. The number of hydrogen-bond donors (Lipinski definition) is 1. The highest BCUT2D eigenvalue weighted by Gasteiger charge is 2.20. The molecule has 0 saturated carbocycles. The van der Waals surface area contributed by atoms with Crippen LogP contribution in [0.25, 0.3) is 0 Å².